The molecule has 0 atom stereocenters. The number of aryl methyl sites for hydroxylation is 2. The van der Waals surface area contributed by atoms with E-state index in [1.165, 1.54) is 16.7 Å². The second-order valence-electron chi connectivity index (χ2n) is 7.07. The molecule has 3 rings (SSSR count). The number of nitrogens with zero attached hydrogens (tertiary/aromatic N) is 1. The fourth-order valence-electron chi connectivity index (χ4n) is 3.43. The number of carbonyl (C=O) groups excluding carboxylic acids is 1. The first-order chi connectivity index (χ1) is 13.1. The van der Waals surface area contributed by atoms with Gasteiger partial charge in [0.1, 0.15) is 5.70 Å². The van der Waals surface area contributed by atoms with E-state index < -0.39 is 0 Å². The highest BCUT2D eigenvalue weighted by atomic mass is 16.1. The number of allylic oxidation sites excluding steroid dienone is 2. The van der Waals surface area contributed by atoms with E-state index in [1.54, 1.807) is 0 Å². The van der Waals surface area contributed by atoms with E-state index in [9.17, 15) is 4.79 Å². The summed E-state index contributed by atoms with van der Waals surface area (Å²) in [5.74, 6) is 2.59. The zero-order valence-electron chi connectivity index (χ0n) is 16.3. The predicted molar refractivity (Wildman–Crippen MR) is 113 cm³/mol. The van der Waals surface area contributed by atoms with Crippen molar-refractivity contribution in [1.29, 1.82) is 0 Å². The van der Waals surface area contributed by atoms with Crippen molar-refractivity contribution < 1.29 is 4.79 Å². The molecule has 1 aliphatic rings. The third kappa shape index (κ3) is 3.89. The summed E-state index contributed by atoms with van der Waals surface area (Å²) < 4.78 is 0. The smallest absolute Gasteiger partial charge is 0.151 e. The maximum atomic E-state index is 11.6. The van der Waals surface area contributed by atoms with E-state index in [-0.39, 0.29) is 0 Å². The number of rotatable bonds is 6. The SMILES string of the molecule is C=C/C(=C\NC)c1ccc(C2CN(C(=C=O)c3ccc(C)c(C)c3)C2)cc1. The van der Waals surface area contributed by atoms with Crippen LogP contribution in [0.1, 0.15) is 33.7 Å². The molecule has 3 heteroatoms. The summed E-state index contributed by atoms with van der Waals surface area (Å²) >= 11 is 0. The van der Waals surface area contributed by atoms with Gasteiger partial charge < -0.3 is 10.2 Å². The topological polar surface area (TPSA) is 32.3 Å². The highest BCUT2D eigenvalue weighted by molar-refractivity contribution is 5.87. The molecule has 1 aliphatic heterocycles. The van der Waals surface area contributed by atoms with Gasteiger partial charge in [-0.3, -0.25) is 0 Å². The van der Waals surface area contributed by atoms with Crippen LogP contribution in [0.5, 0.6) is 0 Å². The molecule has 0 saturated carbocycles. The van der Waals surface area contributed by atoms with Crippen molar-refractivity contribution >= 4 is 17.2 Å². The Hall–Kier alpha value is -3.03. The summed E-state index contributed by atoms with van der Waals surface area (Å²) in [7, 11) is 1.88. The fourth-order valence-corrected chi connectivity index (χ4v) is 3.43. The van der Waals surface area contributed by atoms with Gasteiger partial charge in [0.05, 0.1) is 0 Å². The lowest BCUT2D eigenvalue weighted by atomic mass is 9.89. The average Bonchev–Trinajstić information content (AvgIpc) is 2.65. The van der Waals surface area contributed by atoms with Crippen molar-refractivity contribution in [1.82, 2.24) is 10.2 Å². The van der Waals surface area contributed by atoms with Gasteiger partial charge in [0.2, 0.25) is 0 Å². The zero-order valence-corrected chi connectivity index (χ0v) is 16.3. The highest BCUT2D eigenvalue weighted by Gasteiger charge is 2.30. The Labute approximate surface area is 161 Å². The minimum absolute atomic E-state index is 0.439. The van der Waals surface area contributed by atoms with Crippen LogP contribution in [-0.4, -0.2) is 31.0 Å². The number of likely N-dealkylation sites (tertiary alicyclic amines) is 1. The minimum atomic E-state index is 0.439. The van der Waals surface area contributed by atoms with Crippen LogP contribution in [0, 0.1) is 13.8 Å². The Balaban J connectivity index is 1.69. The Bertz CT molecular complexity index is 912. The molecule has 0 bridgehead atoms. The average molecular weight is 358 g/mol. The molecule has 0 spiro atoms. The van der Waals surface area contributed by atoms with Crippen molar-refractivity contribution in [2.24, 2.45) is 0 Å². The molecule has 0 aliphatic carbocycles. The van der Waals surface area contributed by atoms with Crippen LogP contribution >= 0.6 is 0 Å². The first-order valence-corrected chi connectivity index (χ1v) is 9.25. The van der Waals surface area contributed by atoms with Crippen molar-refractivity contribution in [2.45, 2.75) is 19.8 Å². The molecule has 0 radical (unpaired) electrons. The fraction of sp³-hybridized carbons (Fsp3) is 0.250. The van der Waals surface area contributed by atoms with E-state index in [2.05, 4.69) is 73.0 Å². The number of hydrogen-bond donors (Lipinski definition) is 1. The molecular formula is C24H26N2O. The summed E-state index contributed by atoms with van der Waals surface area (Å²) in [5, 5.41) is 3.05. The van der Waals surface area contributed by atoms with Crippen LogP contribution in [0.15, 0.2) is 61.3 Å². The number of hydrogen-bond acceptors (Lipinski definition) is 3. The van der Waals surface area contributed by atoms with E-state index in [1.807, 2.05) is 25.4 Å². The number of nitrogens with one attached hydrogen (secondary N) is 1. The first-order valence-electron chi connectivity index (χ1n) is 9.25. The summed E-state index contributed by atoms with van der Waals surface area (Å²) in [6, 6.07) is 14.7. The maximum absolute atomic E-state index is 11.6. The maximum Gasteiger partial charge on any atom is 0.151 e. The van der Waals surface area contributed by atoms with Crippen LogP contribution < -0.4 is 5.32 Å². The molecule has 1 N–H and O–H groups in total. The standard InChI is InChI=1S/C24H26N2O/c1-5-19(13-25-4)20-8-10-21(11-9-20)23-14-26(15-23)24(16-27)22-7-6-17(2)18(3)12-22/h5-13,23,25H,1,14-15H2,2-4H3/b19-13+. The van der Waals surface area contributed by atoms with E-state index >= 15 is 0 Å². The lowest BCUT2D eigenvalue weighted by molar-refractivity contribution is 0.237. The summed E-state index contributed by atoms with van der Waals surface area (Å²) in [5.41, 5.74) is 7.56. The van der Waals surface area contributed by atoms with Crippen LogP contribution in [0.25, 0.3) is 11.3 Å². The summed E-state index contributed by atoms with van der Waals surface area (Å²) in [4.78, 5) is 13.7. The van der Waals surface area contributed by atoms with E-state index in [4.69, 9.17) is 0 Å². The van der Waals surface area contributed by atoms with Crippen LogP contribution in [0.4, 0.5) is 0 Å². The van der Waals surface area contributed by atoms with Gasteiger partial charge in [0, 0.05) is 37.8 Å². The second kappa shape index (κ2) is 8.11. The third-order valence-electron chi connectivity index (χ3n) is 5.31. The third-order valence-corrected chi connectivity index (χ3v) is 5.31. The molecule has 1 fully saturated rings. The minimum Gasteiger partial charge on any atom is -0.393 e. The Kier molecular flexibility index (Phi) is 5.63. The Morgan fingerprint density at radius 2 is 1.78 bits per heavy atom. The van der Waals surface area contributed by atoms with Crippen molar-refractivity contribution in [2.75, 3.05) is 20.1 Å². The predicted octanol–water partition coefficient (Wildman–Crippen LogP) is 4.32. The molecule has 27 heavy (non-hydrogen) atoms. The first kappa shape index (κ1) is 18.8. The molecule has 3 nitrogen and oxygen atoms in total. The summed E-state index contributed by atoms with van der Waals surface area (Å²) in [6.45, 7) is 9.71. The van der Waals surface area contributed by atoms with Crippen LogP contribution in [0.3, 0.4) is 0 Å². The molecule has 2 aromatic carbocycles. The van der Waals surface area contributed by atoms with Crippen molar-refractivity contribution in [3.63, 3.8) is 0 Å². The molecule has 0 amide bonds. The van der Waals surface area contributed by atoms with Gasteiger partial charge >= 0.3 is 0 Å². The molecule has 1 saturated heterocycles. The van der Waals surface area contributed by atoms with Crippen molar-refractivity contribution in [3.05, 3.63) is 89.1 Å². The van der Waals surface area contributed by atoms with Gasteiger partial charge in [-0.2, -0.15) is 0 Å². The lowest BCUT2D eigenvalue weighted by Gasteiger charge is -2.41. The van der Waals surface area contributed by atoms with Gasteiger partial charge in [-0.1, -0.05) is 49.1 Å². The Morgan fingerprint density at radius 1 is 1.11 bits per heavy atom. The molecule has 1 heterocycles. The van der Waals surface area contributed by atoms with Gasteiger partial charge in [0.15, 0.2) is 5.94 Å². The van der Waals surface area contributed by atoms with Gasteiger partial charge in [-0.05, 0) is 47.7 Å². The molecule has 138 valence electrons. The van der Waals surface area contributed by atoms with Gasteiger partial charge in [-0.25, -0.2) is 4.79 Å². The second-order valence-corrected chi connectivity index (χ2v) is 7.07. The lowest BCUT2D eigenvalue weighted by Crippen LogP contribution is -2.43. The molecule has 0 unspecified atom stereocenters. The highest BCUT2D eigenvalue weighted by Crippen LogP contribution is 2.33. The van der Waals surface area contributed by atoms with Crippen molar-refractivity contribution in [3.8, 4) is 0 Å². The normalized spacial score (nSPS) is 14.3. The van der Waals surface area contributed by atoms with Gasteiger partial charge in [0.25, 0.3) is 0 Å². The summed E-state index contributed by atoms with van der Waals surface area (Å²) in [6.07, 6.45) is 3.79. The number of benzene rings is 2. The zero-order chi connectivity index (χ0) is 19.4. The van der Waals surface area contributed by atoms with Crippen LogP contribution in [0.2, 0.25) is 0 Å². The quantitative estimate of drug-likeness (QED) is 0.616. The molecule has 0 aromatic heterocycles. The van der Waals surface area contributed by atoms with Crippen LogP contribution in [-0.2, 0) is 4.79 Å². The van der Waals surface area contributed by atoms with Gasteiger partial charge in [-0.15, -0.1) is 0 Å². The Morgan fingerprint density at radius 3 is 2.33 bits per heavy atom. The largest absolute Gasteiger partial charge is 0.393 e. The monoisotopic (exact) mass is 358 g/mol. The van der Waals surface area contributed by atoms with E-state index in [0.29, 0.717) is 11.6 Å². The molecule has 2 aromatic rings. The molecular weight excluding hydrogens is 332 g/mol. The van der Waals surface area contributed by atoms with E-state index in [0.717, 1.165) is 29.8 Å².